The summed E-state index contributed by atoms with van der Waals surface area (Å²) in [6, 6.07) is 12.6. The van der Waals surface area contributed by atoms with Crippen molar-refractivity contribution < 1.29 is 0 Å². The number of rotatable bonds is 6. The minimum atomic E-state index is 0.750. The van der Waals surface area contributed by atoms with Crippen LogP contribution in [0.5, 0.6) is 0 Å². The van der Waals surface area contributed by atoms with Gasteiger partial charge in [-0.3, -0.25) is 9.47 Å². The molecule has 0 aliphatic carbocycles. The summed E-state index contributed by atoms with van der Waals surface area (Å²) >= 11 is 0. The molecule has 0 spiro atoms. The van der Waals surface area contributed by atoms with Gasteiger partial charge in [0.15, 0.2) is 5.82 Å². The van der Waals surface area contributed by atoms with Crippen LogP contribution in [0.1, 0.15) is 30.9 Å². The van der Waals surface area contributed by atoms with Gasteiger partial charge in [-0.05, 0) is 55.1 Å². The van der Waals surface area contributed by atoms with E-state index in [1.54, 1.807) is 12.5 Å². The lowest BCUT2D eigenvalue weighted by Gasteiger charge is -2.30. The summed E-state index contributed by atoms with van der Waals surface area (Å²) in [5.41, 5.74) is 2.71. The van der Waals surface area contributed by atoms with E-state index in [1.165, 1.54) is 37.1 Å². The van der Waals surface area contributed by atoms with Crippen LogP contribution in [0.4, 0.5) is 5.82 Å². The maximum absolute atomic E-state index is 4.28. The Morgan fingerprint density at radius 3 is 2.56 bits per heavy atom. The van der Waals surface area contributed by atoms with Crippen LogP contribution in [0, 0.1) is 5.92 Å². The number of anilines is 1. The van der Waals surface area contributed by atoms with Gasteiger partial charge < -0.3 is 5.32 Å². The van der Waals surface area contributed by atoms with Crippen LogP contribution >= 0.6 is 0 Å². The molecule has 6 nitrogen and oxygen atoms in total. The molecule has 3 heterocycles. The SMILES string of the molecule is CC1CCN(Cc2ccccc2CNc2ccc(-n3ccnc3)nn2)CC1. The van der Waals surface area contributed by atoms with Crippen molar-refractivity contribution in [2.24, 2.45) is 5.92 Å². The minimum Gasteiger partial charge on any atom is -0.364 e. The van der Waals surface area contributed by atoms with E-state index in [0.29, 0.717) is 0 Å². The van der Waals surface area contributed by atoms with Crippen molar-refractivity contribution in [1.82, 2.24) is 24.6 Å². The Balaban J connectivity index is 1.38. The van der Waals surface area contributed by atoms with E-state index in [1.807, 2.05) is 22.9 Å². The number of imidazole rings is 1. The largest absolute Gasteiger partial charge is 0.364 e. The van der Waals surface area contributed by atoms with E-state index in [2.05, 4.69) is 56.6 Å². The van der Waals surface area contributed by atoms with Crippen LogP contribution in [-0.2, 0) is 13.1 Å². The van der Waals surface area contributed by atoms with Gasteiger partial charge >= 0.3 is 0 Å². The Labute approximate surface area is 160 Å². The smallest absolute Gasteiger partial charge is 0.160 e. The first kappa shape index (κ1) is 17.7. The fraction of sp³-hybridized carbons (Fsp3) is 0.381. The molecule has 6 heteroatoms. The minimum absolute atomic E-state index is 0.750. The Hall–Kier alpha value is -2.73. The third-order valence-corrected chi connectivity index (χ3v) is 5.27. The Morgan fingerprint density at radius 1 is 1.04 bits per heavy atom. The standard InChI is InChI=1S/C21H26N6/c1-17-8-11-26(12-9-17)15-19-5-3-2-4-18(19)14-23-20-6-7-21(25-24-20)27-13-10-22-16-27/h2-7,10,13,16-17H,8-9,11-12,14-15H2,1H3,(H,23,24). The van der Waals surface area contributed by atoms with Crippen LogP contribution in [0.3, 0.4) is 0 Å². The summed E-state index contributed by atoms with van der Waals surface area (Å²) < 4.78 is 1.84. The lowest BCUT2D eigenvalue weighted by Crippen LogP contribution is -2.32. The highest BCUT2D eigenvalue weighted by molar-refractivity contribution is 5.38. The van der Waals surface area contributed by atoms with Gasteiger partial charge in [0.25, 0.3) is 0 Å². The number of benzene rings is 1. The highest BCUT2D eigenvalue weighted by atomic mass is 15.2. The molecule has 3 aromatic rings. The molecule has 1 N–H and O–H groups in total. The molecule has 4 rings (SSSR count). The summed E-state index contributed by atoms with van der Waals surface area (Å²) in [6.07, 6.45) is 7.91. The average Bonchev–Trinajstić information content (AvgIpc) is 3.24. The molecule has 2 aromatic heterocycles. The van der Waals surface area contributed by atoms with Gasteiger partial charge in [-0.2, -0.15) is 0 Å². The van der Waals surface area contributed by atoms with E-state index >= 15 is 0 Å². The molecule has 1 aliphatic rings. The number of nitrogens with one attached hydrogen (secondary N) is 1. The zero-order valence-corrected chi connectivity index (χ0v) is 15.8. The molecule has 0 saturated carbocycles. The number of hydrogen-bond acceptors (Lipinski definition) is 5. The molecule has 140 valence electrons. The molecule has 0 bridgehead atoms. The van der Waals surface area contributed by atoms with Crippen molar-refractivity contribution in [3.8, 4) is 5.82 Å². The normalized spacial score (nSPS) is 15.7. The summed E-state index contributed by atoms with van der Waals surface area (Å²) in [5.74, 6) is 2.40. The van der Waals surface area contributed by atoms with Crippen molar-refractivity contribution in [2.75, 3.05) is 18.4 Å². The number of aromatic nitrogens is 4. The summed E-state index contributed by atoms with van der Waals surface area (Å²) in [7, 11) is 0. The number of likely N-dealkylation sites (tertiary alicyclic amines) is 1. The van der Waals surface area contributed by atoms with Crippen molar-refractivity contribution >= 4 is 5.82 Å². The van der Waals surface area contributed by atoms with Gasteiger partial charge in [0.1, 0.15) is 12.1 Å². The van der Waals surface area contributed by atoms with Gasteiger partial charge in [-0.15, -0.1) is 10.2 Å². The third-order valence-electron chi connectivity index (χ3n) is 5.27. The van der Waals surface area contributed by atoms with Crippen LogP contribution < -0.4 is 5.32 Å². The third kappa shape index (κ3) is 4.52. The van der Waals surface area contributed by atoms with Gasteiger partial charge in [-0.1, -0.05) is 31.2 Å². The Kier molecular flexibility index (Phi) is 5.44. The molecule has 0 radical (unpaired) electrons. The Bertz CT molecular complexity index is 835. The predicted octanol–water partition coefficient (Wildman–Crippen LogP) is 3.51. The first-order valence-electron chi connectivity index (χ1n) is 9.63. The molecule has 1 aromatic carbocycles. The van der Waals surface area contributed by atoms with E-state index in [4.69, 9.17) is 0 Å². The zero-order chi connectivity index (χ0) is 18.5. The fourth-order valence-electron chi connectivity index (χ4n) is 3.48. The molecule has 1 fully saturated rings. The van der Waals surface area contributed by atoms with Crippen LogP contribution in [0.15, 0.2) is 55.1 Å². The van der Waals surface area contributed by atoms with Gasteiger partial charge in [0.05, 0.1) is 0 Å². The van der Waals surface area contributed by atoms with E-state index < -0.39 is 0 Å². The Morgan fingerprint density at radius 2 is 1.85 bits per heavy atom. The highest BCUT2D eigenvalue weighted by Crippen LogP contribution is 2.20. The maximum Gasteiger partial charge on any atom is 0.160 e. The molecular weight excluding hydrogens is 336 g/mol. The topological polar surface area (TPSA) is 58.9 Å². The molecule has 0 atom stereocenters. The summed E-state index contributed by atoms with van der Waals surface area (Å²) in [4.78, 5) is 6.60. The second-order valence-corrected chi connectivity index (χ2v) is 7.33. The predicted molar refractivity (Wildman–Crippen MR) is 107 cm³/mol. The summed E-state index contributed by atoms with van der Waals surface area (Å²) in [6.45, 7) is 6.53. The van der Waals surface area contributed by atoms with Gasteiger partial charge in [-0.25, -0.2) is 4.98 Å². The highest BCUT2D eigenvalue weighted by Gasteiger charge is 2.16. The lowest BCUT2D eigenvalue weighted by atomic mass is 9.98. The molecule has 0 amide bonds. The van der Waals surface area contributed by atoms with Crippen LogP contribution in [0.25, 0.3) is 5.82 Å². The van der Waals surface area contributed by atoms with Gasteiger partial charge in [0.2, 0.25) is 0 Å². The zero-order valence-electron chi connectivity index (χ0n) is 15.8. The first-order valence-corrected chi connectivity index (χ1v) is 9.63. The monoisotopic (exact) mass is 362 g/mol. The lowest BCUT2D eigenvalue weighted by molar-refractivity contribution is 0.185. The molecule has 1 saturated heterocycles. The maximum atomic E-state index is 4.28. The van der Waals surface area contributed by atoms with Crippen molar-refractivity contribution in [1.29, 1.82) is 0 Å². The molecule has 1 aliphatic heterocycles. The van der Waals surface area contributed by atoms with Gasteiger partial charge in [0, 0.05) is 25.5 Å². The number of hydrogen-bond donors (Lipinski definition) is 1. The number of piperidine rings is 1. The van der Waals surface area contributed by atoms with E-state index in [-0.39, 0.29) is 0 Å². The second-order valence-electron chi connectivity index (χ2n) is 7.33. The fourth-order valence-corrected chi connectivity index (χ4v) is 3.48. The first-order chi connectivity index (χ1) is 13.3. The van der Waals surface area contributed by atoms with Crippen molar-refractivity contribution in [2.45, 2.75) is 32.9 Å². The average molecular weight is 362 g/mol. The van der Waals surface area contributed by atoms with Crippen molar-refractivity contribution in [3.63, 3.8) is 0 Å². The van der Waals surface area contributed by atoms with Crippen molar-refractivity contribution in [3.05, 3.63) is 66.2 Å². The quantitative estimate of drug-likeness (QED) is 0.727. The second kappa shape index (κ2) is 8.31. The number of nitrogens with zero attached hydrogens (tertiary/aromatic N) is 5. The van der Waals surface area contributed by atoms with Crippen LogP contribution in [-0.4, -0.2) is 37.7 Å². The van der Waals surface area contributed by atoms with E-state index in [9.17, 15) is 0 Å². The van der Waals surface area contributed by atoms with E-state index in [0.717, 1.165) is 30.6 Å². The molecule has 0 unspecified atom stereocenters. The molecular formula is C21H26N6. The summed E-state index contributed by atoms with van der Waals surface area (Å²) in [5, 5.41) is 11.9. The van der Waals surface area contributed by atoms with Crippen LogP contribution in [0.2, 0.25) is 0 Å². The molecule has 27 heavy (non-hydrogen) atoms.